The van der Waals surface area contributed by atoms with Crippen LogP contribution in [0.3, 0.4) is 0 Å². The molecule has 4 rings (SSSR count). The molecule has 2 aromatic rings. The summed E-state index contributed by atoms with van der Waals surface area (Å²) in [5.74, 6) is 0.823. The van der Waals surface area contributed by atoms with Gasteiger partial charge in [0.05, 0.1) is 23.7 Å². The number of hydrogen-bond acceptors (Lipinski definition) is 4. The Morgan fingerprint density at radius 3 is 2.43 bits per heavy atom. The van der Waals surface area contributed by atoms with E-state index >= 15 is 0 Å². The highest BCUT2D eigenvalue weighted by atomic mass is 35.5. The highest BCUT2D eigenvalue weighted by Gasteiger charge is 2.38. The third-order valence-corrected chi connectivity index (χ3v) is 7.01. The van der Waals surface area contributed by atoms with Crippen LogP contribution in [0.25, 0.3) is 11.0 Å². The van der Waals surface area contributed by atoms with Crippen molar-refractivity contribution in [1.29, 1.82) is 0 Å². The van der Waals surface area contributed by atoms with Crippen molar-refractivity contribution in [3.05, 3.63) is 28.7 Å². The van der Waals surface area contributed by atoms with E-state index in [1.165, 1.54) is 12.8 Å². The molecule has 1 saturated carbocycles. The van der Waals surface area contributed by atoms with Crippen LogP contribution in [0.4, 0.5) is 0 Å². The van der Waals surface area contributed by atoms with Gasteiger partial charge >= 0.3 is 5.69 Å². The van der Waals surface area contributed by atoms with Gasteiger partial charge in [0.25, 0.3) is 0 Å². The third-order valence-electron chi connectivity index (χ3n) is 7.01. The molecule has 1 saturated heterocycles. The number of nitrogens with one attached hydrogen (secondary N) is 1. The maximum absolute atomic E-state index is 12.7. The van der Waals surface area contributed by atoms with E-state index in [1.54, 1.807) is 0 Å². The average Bonchev–Trinajstić information content (AvgIpc) is 3.05. The van der Waals surface area contributed by atoms with E-state index in [0.717, 1.165) is 62.2 Å². The topological polar surface area (TPSA) is 59.5 Å². The number of aromatic nitrogens is 2. The minimum atomic E-state index is -0.00414. The van der Waals surface area contributed by atoms with Crippen LogP contribution in [0, 0.1) is 0 Å². The Morgan fingerprint density at radius 2 is 1.80 bits per heavy atom. The molecule has 2 aliphatic rings. The Balaban J connectivity index is 0.00000256. The van der Waals surface area contributed by atoms with Gasteiger partial charge in [0.1, 0.15) is 5.75 Å². The minimum Gasteiger partial charge on any atom is -0.494 e. The molecule has 0 bridgehead atoms. The maximum atomic E-state index is 12.7. The van der Waals surface area contributed by atoms with Crippen LogP contribution in [0.1, 0.15) is 65.3 Å². The number of likely N-dealkylation sites (tertiary alicyclic amines) is 1. The first-order valence-electron chi connectivity index (χ1n) is 11.3. The number of hydrogen-bond donors (Lipinski definition) is 1. The predicted molar refractivity (Wildman–Crippen MR) is 123 cm³/mol. The zero-order chi connectivity index (χ0) is 20.4. The number of aromatic amines is 1. The molecule has 0 amide bonds. The van der Waals surface area contributed by atoms with Gasteiger partial charge in [-0.05, 0) is 71.4 Å². The lowest BCUT2D eigenvalue weighted by Crippen LogP contribution is -2.53. The van der Waals surface area contributed by atoms with E-state index in [4.69, 9.17) is 9.47 Å². The Bertz CT molecular complexity index is 877. The lowest BCUT2D eigenvalue weighted by molar-refractivity contribution is -0.0273. The van der Waals surface area contributed by atoms with Crippen LogP contribution in [-0.4, -0.2) is 52.4 Å². The molecule has 1 aliphatic heterocycles. The summed E-state index contributed by atoms with van der Waals surface area (Å²) in [4.78, 5) is 18.4. The van der Waals surface area contributed by atoms with Crippen molar-refractivity contribution >= 4 is 23.4 Å². The SMILES string of the molecule is CCOc1ccc2[nH]c(=O)n(C3CCN(C4(C)CCC(OCC)CC4)CC3)c2c1.Cl. The van der Waals surface area contributed by atoms with Crippen LogP contribution in [-0.2, 0) is 4.74 Å². The van der Waals surface area contributed by atoms with Crippen LogP contribution < -0.4 is 10.4 Å². The van der Waals surface area contributed by atoms with Crippen molar-refractivity contribution in [1.82, 2.24) is 14.5 Å². The Labute approximate surface area is 185 Å². The first-order valence-corrected chi connectivity index (χ1v) is 11.3. The van der Waals surface area contributed by atoms with Gasteiger partial charge in [0.2, 0.25) is 0 Å². The van der Waals surface area contributed by atoms with Crippen LogP contribution in [0.15, 0.2) is 23.0 Å². The molecule has 1 aromatic carbocycles. The molecule has 0 unspecified atom stereocenters. The first-order chi connectivity index (χ1) is 14.0. The van der Waals surface area contributed by atoms with Crippen molar-refractivity contribution in [2.75, 3.05) is 26.3 Å². The number of nitrogens with zero attached hydrogens (tertiary/aromatic N) is 2. The summed E-state index contributed by atoms with van der Waals surface area (Å²) in [6, 6.07) is 6.12. The standard InChI is InChI=1S/C23H35N3O3.ClH/c1-4-28-18-8-12-23(3,13-9-18)25-14-10-17(11-15-25)26-21-16-19(29-5-2)6-7-20(21)24-22(26)27;/h6-7,16-18H,4-5,8-15H2,1-3H3,(H,24,27);1H. The van der Waals surface area contributed by atoms with Gasteiger partial charge < -0.3 is 14.5 Å². The van der Waals surface area contributed by atoms with Crippen LogP contribution in [0.5, 0.6) is 5.75 Å². The molecule has 0 radical (unpaired) electrons. The van der Waals surface area contributed by atoms with Crippen molar-refractivity contribution in [3.8, 4) is 5.75 Å². The molecule has 0 atom stereocenters. The third kappa shape index (κ3) is 4.56. The smallest absolute Gasteiger partial charge is 0.326 e. The van der Waals surface area contributed by atoms with Crippen molar-refractivity contribution in [2.45, 2.75) is 77.0 Å². The maximum Gasteiger partial charge on any atom is 0.326 e. The summed E-state index contributed by atoms with van der Waals surface area (Å²) >= 11 is 0. The second kappa shape index (κ2) is 9.75. The summed E-state index contributed by atoms with van der Waals surface area (Å²) in [6.07, 6.45) is 7.18. The molecule has 2 fully saturated rings. The van der Waals surface area contributed by atoms with Gasteiger partial charge in [-0.15, -0.1) is 12.4 Å². The highest BCUT2D eigenvalue weighted by molar-refractivity contribution is 5.85. The lowest BCUT2D eigenvalue weighted by atomic mass is 9.79. The minimum absolute atomic E-state index is 0. The molecule has 168 valence electrons. The Hall–Kier alpha value is -1.50. The molecule has 6 nitrogen and oxygen atoms in total. The van der Waals surface area contributed by atoms with Gasteiger partial charge in [-0.1, -0.05) is 0 Å². The fourth-order valence-electron chi connectivity index (χ4n) is 5.32. The molecular formula is C23H36ClN3O3. The first kappa shape index (κ1) is 23.2. The number of piperidine rings is 1. The number of rotatable bonds is 6. The number of fused-ring (bicyclic) bond motifs is 1. The summed E-state index contributed by atoms with van der Waals surface area (Å²) < 4.78 is 13.5. The molecular weight excluding hydrogens is 402 g/mol. The highest BCUT2D eigenvalue weighted by Crippen LogP contribution is 2.38. The van der Waals surface area contributed by atoms with Crippen molar-refractivity contribution < 1.29 is 9.47 Å². The van der Waals surface area contributed by atoms with Gasteiger partial charge in [-0.2, -0.15) is 0 Å². The number of halogens is 1. The normalized spacial score (nSPS) is 25.9. The van der Waals surface area contributed by atoms with Gasteiger partial charge in [-0.3, -0.25) is 9.47 Å². The zero-order valence-corrected chi connectivity index (χ0v) is 19.3. The van der Waals surface area contributed by atoms with E-state index in [2.05, 4.69) is 23.7 Å². The van der Waals surface area contributed by atoms with Gasteiger partial charge in [-0.25, -0.2) is 4.79 Å². The fraction of sp³-hybridized carbons (Fsp3) is 0.696. The molecule has 1 aliphatic carbocycles. The van der Waals surface area contributed by atoms with Crippen molar-refractivity contribution in [2.24, 2.45) is 0 Å². The molecule has 2 heterocycles. The number of imidazole rings is 1. The largest absolute Gasteiger partial charge is 0.494 e. The second-order valence-corrected chi connectivity index (χ2v) is 8.78. The zero-order valence-electron chi connectivity index (χ0n) is 18.5. The Morgan fingerprint density at radius 1 is 1.10 bits per heavy atom. The number of ether oxygens (including phenoxy) is 2. The van der Waals surface area contributed by atoms with E-state index in [0.29, 0.717) is 12.7 Å². The van der Waals surface area contributed by atoms with E-state index in [-0.39, 0.29) is 29.7 Å². The quantitative estimate of drug-likeness (QED) is 0.721. The summed E-state index contributed by atoms with van der Waals surface area (Å²) in [5, 5.41) is 0. The summed E-state index contributed by atoms with van der Waals surface area (Å²) in [7, 11) is 0. The molecule has 1 N–H and O–H groups in total. The van der Waals surface area contributed by atoms with Gasteiger partial charge in [0.15, 0.2) is 0 Å². The molecule has 0 spiro atoms. The summed E-state index contributed by atoms with van der Waals surface area (Å²) in [6.45, 7) is 10.0. The monoisotopic (exact) mass is 437 g/mol. The van der Waals surface area contributed by atoms with E-state index < -0.39 is 0 Å². The predicted octanol–water partition coefficient (Wildman–Crippen LogP) is 4.52. The number of benzene rings is 1. The summed E-state index contributed by atoms with van der Waals surface area (Å²) in [5.41, 5.74) is 2.12. The van der Waals surface area contributed by atoms with Crippen molar-refractivity contribution in [3.63, 3.8) is 0 Å². The Kier molecular flexibility index (Phi) is 7.53. The van der Waals surface area contributed by atoms with E-state index in [9.17, 15) is 4.79 Å². The van der Waals surface area contributed by atoms with Gasteiger partial charge in [0, 0.05) is 37.3 Å². The lowest BCUT2D eigenvalue weighted by Gasteiger charge is -2.48. The second-order valence-electron chi connectivity index (χ2n) is 8.78. The van der Waals surface area contributed by atoms with Crippen LogP contribution in [0.2, 0.25) is 0 Å². The molecule has 30 heavy (non-hydrogen) atoms. The fourth-order valence-corrected chi connectivity index (χ4v) is 5.32. The molecule has 1 aromatic heterocycles. The van der Waals surface area contributed by atoms with E-state index in [1.807, 2.05) is 29.7 Å². The van der Waals surface area contributed by atoms with Crippen LogP contribution >= 0.6 is 12.4 Å². The number of H-pyrrole nitrogens is 1. The average molecular weight is 438 g/mol. The molecule has 7 heteroatoms.